The Balaban J connectivity index is 4.39. The van der Waals surface area contributed by atoms with Gasteiger partial charge in [0.2, 0.25) is 23.6 Å². The Bertz CT molecular complexity index is 401. The van der Waals surface area contributed by atoms with Crippen LogP contribution in [0.25, 0.3) is 0 Å². The van der Waals surface area contributed by atoms with E-state index in [0.717, 1.165) is 0 Å². The highest BCUT2D eigenvalue weighted by Crippen LogP contribution is 1.90. The van der Waals surface area contributed by atoms with Crippen LogP contribution in [0.2, 0.25) is 0 Å². The summed E-state index contributed by atoms with van der Waals surface area (Å²) in [6, 6.07) is 0. The number of nitrogens with zero attached hydrogens (tertiary/aromatic N) is 1. The van der Waals surface area contributed by atoms with Crippen molar-refractivity contribution >= 4 is 51.2 Å². The van der Waals surface area contributed by atoms with Crippen LogP contribution in [-0.2, 0) is 19.2 Å². The van der Waals surface area contributed by atoms with Crippen LogP contribution < -0.4 is 16.0 Å². The van der Waals surface area contributed by atoms with Crippen molar-refractivity contribution in [1.29, 1.82) is 0 Å². The molecule has 0 aromatic rings. The molecule has 4 amide bonds. The Morgan fingerprint density at radius 1 is 0.957 bits per heavy atom. The van der Waals surface area contributed by atoms with Gasteiger partial charge in [-0.2, -0.15) is 0 Å². The molecule has 0 spiro atoms. The smallest absolute Gasteiger partial charge is 0.242 e. The van der Waals surface area contributed by atoms with E-state index in [1.165, 1.54) is 4.90 Å². The van der Waals surface area contributed by atoms with Crippen LogP contribution in [0.5, 0.6) is 0 Å². The first-order valence-corrected chi connectivity index (χ1v) is 8.80. The zero-order valence-electron chi connectivity index (χ0n) is 13.0. The molecular weight excluding hydrogens is 392 g/mol. The van der Waals surface area contributed by atoms with Crippen molar-refractivity contribution in [2.24, 2.45) is 0 Å². The minimum atomic E-state index is -0.328. The lowest BCUT2D eigenvalue weighted by Crippen LogP contribution is -2.46. The molecule has 10 heteroatoms. The number of carbonyl (C=O) groups is 4. The van der Waals surface area contributed by atoms with Gasteiger partial charge in [0, 0.05) is 32.6 Å². The second-order valence-electron chi connectivity index (χ2n) is 4.48. The number of alkyl halides is 2. The molecule has 0 atom stereocenters. The van der Waals surface area contributed by atoms with Crippen LogP contribution >= 0.6 is 27.5 Å². The SMILES string of the molecule is CCC(=O)NCCN(CCNC(=O)CCl)C(=O)CNC(=O)CBr. The molecule has 0 bridgehead atoms. The van der Waals surface area contributed by atoms with Gasteiger partial charge >= 0.3 is 0 Å². The van der Waals surface area contributed by atoms with E-state index in [9.17, 15) is 19.2 Å². The molecular formula is C13H22BrClN4O4. The van der Waals surface area contributed by atoms with Crippen molar-refractivity contribution in [2.75, 3.05) is 43.9 Å². The molecule has 23 heavy (non-hydrogen) atoms. The summed E-state index contributed by atoms with van der Waals surface area (Å²) < 4.78 is 0. The quantitative estimate of drug-likeness (QED) is 0.386. The minimum Gasteiger partial charge on any atom is -0.354 e. The van der Waals surface area contributed by atoms with E-state index in [1.807, 2.05) is 0 Å². The first-order valence-electron chi connectivity index (χ1n) is 7.14. The van der Waals surface area contributed by atoms with Crippen molar-refractivity contribution in [2.45, 2.75) is 13.3 Å². The highest BCUT2D eigenvalue weighted by atomic mass is 79.9. The molecule has 0 aliphatic heterocycles. The van der Waals surface area contributed by atoms with Gasteiger partial charge in [-0.05, 0) is 0 Å². The minimum absolute atomic E-state index is 0.110. The van der Waals surface area contributed by atoms with Crippen LogP contribution in [0.4, 0.5) is 0 Å². The van der Waals surface area contributed by atoms with Crippen LogP contribution in [-0.4, -0.2) is 72.5 Å². The first kappa shape index (κ1) is 21.6. The molecule has 0 aliphatic carbocycles. The summed E-state index contributed by atoms with van der Waals surface area (Å²) in [6.07, 6.45) is 0.362. The summed E-state index contributed by atoms with van der Waals surface area (Å²) in [6.45, 7) is 2.67. The third-order valence-corrected chi connectivity index (χ3v) is 3.51. The molecule has 0 fully saturated rings. The predicted octanol–water partition coefficient (Wildman–Crippen LogP) is -0.793. The van der Waals surface area contributed by atoms with Crippen LogP contribution in [0.1, 0.15) is 13.3 Å². The molecule has 0 aromatic carbocycles. The van der Waals surface area contributed by atoms with E-state index in [2.05, 4.69) is 31.9 Å². The Morgan fingerprint density at radius 2 is 1.52 bits per heavy atom. The van der Waals surface area contributed by atoms with E-state index in [-0.39, 0.29) is 61.0 Å². The van der Waals surface area contributed by atoms with Gasteiger partial charge in [-0.15, -0.1) is 11.6 Å². The van der Waals surface area contributed by atoms with Crippen molar-refractivity contribution in [3.63, 3.8) is 0 Å². The number of hydrogen-bond acceptors (Lipinski definition) is 4. The third-order valence-electron chi connectivity index (χ3n) is 2.76. The van der Waals surface area contributed by atoms with Gasteiger partial charge < -0.3 is 20.9 Å². The lowest BCUT2D eigenvalue weighted by Gasteiger charge is -2.23. The van der Waals surface area contributed by atoms with Gasteiger partial charge in [-0.1, -0.05) is 22.9 Å². The normalized spacial score (nSPS) is 9.87. The Labute approximate surface area is 148 Å². The second kappa shape index (κ2) is 13.1. The molecule has 0 rings (SSSR count). The van der Waals surface area contributed by atoms with Gasteiger partial charge in [-0.3, -0.25) is 19.2 Å². The largest absolute Gasteiger partial charge is 0.354 e. The average molecular weight is 414 g/mol. The molecule has 0 saturated heterocycles. The highest BCUT2D eigenvalue weighted by molar-refractivity contribution is 9.09. The van der Waals surface area contributed by atoms with Crippen LogP contribution in [0, 0.1) is 0 Å². The van der Waals surface area contributed by atoms with Crippen molar-refractivity contribution < 1.29 is 19.2 Å². The zero-order valence-corrected chi connectivity index (χ0v) is 15.3. The molecule has 132 valence electrons. The summed E-state index contributed by atoms with van der Waals surface area (Å²) in [7, 11) is 0. The highest BCUT2D eigenvalue weighted by Gasteiger charge is 2.14. The Hall–Kier alpha value is -1.35. The zero-order chi connectivity index (χ0) is 17.7. The van der Waals surface area contributed by atoms with Crippen molar-refractivity contribution in [3.05, 3.63) is 0 Å². The topological polar surface area (TPSA) is 108 Å². The molecule has 0 aromatic heterocycles. The summed E-state index contributed by atoms with van der Waals surface area (Å²) >= 11 is 8.36. The molecule has 0 saturated carbocycles. The van der Waals surface area contributed by atoms with E-state index >= 15 is 0 Å². The van der Waals surface area contributed by atoms with E-state index in [4.69, 9.17) is 11.6 Å². The molecule has 0 unspecified atom stereocenters. The summed E-state index contributed by atoms with van der Waals surface area (Å²) in [4.78, 5) is 47.0. The number of hydrogen-bond donors (Lipinski definition) is 3. The average Bonchev–Trinajstić information content (AvgIpc) is 2.57. The Kier molecular flexibility index (Phi) is 12.4. The van der Waals surface area contributed by atoms with Gasteiger partial charge in [0.25, 0.3) is 0 Å². The van der Waals surface area contributed by atoms with E-state index in [0.29, 0.717) is 13.0 Å². The van der Waals surface area contributed by atoms with Crippen LogP contribution in [0.15, 0.2) is 0 Å². The van der Waals surface area contributed by atoms with Crippen molar-refractivity contribution in [3.8, 4) is 0 Å². The molecule has 8 nitrogen and oxygen atoms in total. The fourth-order valence-corrected chi connectivity index (χ4v) is 1.82. The second-order valence-corrected chi connectivity index (χ2v) is 5.31. The third kappa shape index (κ3) is 10.9. The molecule has 0 radical (unpaired) electrons. The molecule has 3 N–H and O–H groups in total. The fourth-order valence-electron chi connectivity index (χ4n) is 1.53. The standard InChI is InChI=1S/C13H22BrClN4O4/c1-2-10(20)16-3-5-19(6-4-17-12(22)8-15)13(23)9-18-11(21)7-14/h2-9H2,1H3,(H,16,20)(H,17,22)(H,18,21). The fraction of sp³-hybridized carbons (Fsp3) is 0.692. The summed E-state index contributed by atoms with van der Waals surface area (Å²) in [5.41, 5.74) is 0. The number of carbonyl (C=O) groups excluding carboxylic acids is 4. The van der Waals surface area contributed by atoms with Gasteiger partial charge in [0.1, 0.15) is 5.88 Å². The van der Waals surface area contributed by atoms with Crippen LogP contribution in [0.3, 0.4) is 0 Å². The number of halogens is 2. The van der Waals surface area contributed by atoms with Gasteiger partial charge in [0.15, 0.2) is 0 Å². The number of rotatable bonds is 11. The summed E-state index contributed by atoms with van der Waals surface area (Å²) in [5, 5.41) is 7.80. The lowest BCUT2D eigenvalue weighted by molar-refractivity contribution is -0.132. The molecule has 0 aliphatic rings. The van der Waals surface area contributed by atoms with Crippen molar-refractivity contribution in [1.82, 2.24) is 20.9 Å². The first-order chi connectivity index (χ1) is 10.9. The maximum absolute atomic E-state index is 12.1. The monoisotopic (exact) mass is 412 g/mol. The Morgan fingerprint density at radius 3 is 2.00 bits per heavy atom. The predicted molar refractivity (Wildman–Crippen MR) is 90.4 cm³/mol. The summed E-state index contributed by atoms with van der Waals surface area (Å²) in [5.74, 6) is -1.19. The number of amides is 4. The lowest BCUT2D eigenvalue weighted by atomic mass is 10.4. The number of nitrogens with one attached hydrogen (secondary N) is 3. The van der Waals surface area contributed by atoms with Gasteiger partial charge in [0.05, 0.1) is 11.9 Å². The van der Waals surface area contributed by atoms with Gasteiger partial charge in [-0.25, -0.2) is 0 Å². The van der Waals surface area contributed by atoms with E-state index in [1.54, 1.807) is 6.92 Å². The van der Waals surface area contributed by atoms with E-state index < -0.39 is 0 Å². The maximum Gasteiger partial charge on any atom is 0.242 e. The molecule has 0 heterocycles. The maximum atomic E-state index is 12.1.